The molecule has 2 heterocycles. The number of fused-ring (bicyclic) bond motifs is 1. The van der Waals surface area contributed by atoms with Crippen molar-refractivity contribution in [2.45, 2.75) is 25.3 Å². The molecule has 3 aliphatic carbocycles. The van der Waals surface area contributed by atoms with Gasteiger partial charge in [-0.15, -0.1) is 0 Å². The fourth-order valence-electron chi connectivity index (χ4n) is 3.90. The van der Waals surface area contributed by atoms with Crippen LogP contribution in [0, 0.1) is 17.3 Å². The molecule has 0 aromatic carbocycles. The average Bonchev–Trinajstić information content (AvgIpc) is 2.34. The van der Waals surface area contributed by atoms with Crippen molar-refractivity contribution in [1.82, 2.24) is 4.90 Å². The number of rotatable bonds is 1. The highest BCUT2D eigenvalue weighted by molar-refractivity contribution is 5.07. The molecular formula is C11H17NO. The number of hydrogen-bond donors (Lipinski definition) is 0. The van der Waals surface area contributed by atoms with Crippen molar-refractivity contribution >= 4 is 0 Å². The fraction of sp³-hybridized carbons (Fsp3) is 1.00. The van der Waals surface area contributed by atoms with E-state index in [-0.39, 0.29) is 0 Å². The van der Waals surface area contributed by atoms with Crippen molar-refractivity contribution in [3.63, 3.8) is 0 Å². The highest BCUT2D eigenvalue weighted by atomic mass is 16.5. The van der Waals surface area contributed by atoms with Gasteiger partial charge in [-0.1, -0.05) is 0 Å². The molecular weight excluding hydrogens is 162 g/mol. The minimum Gasteiger partial charge on any atom is -0.380 e. The van der Waals surface area contributed by atoms with Crippen LogP contribution in [-0.4, -0.2) is 37.2 Å². The zero-order valence-corrected chi connectivity index (χ0v) is 8.04. The Bertz CT molecular complexity index is 234. The van der Waals surface area contributed by atoms with Crippen LogP contribution in [0.3, 0.4) is 0 Å². The summed E-state index contributed by atoms with van der Waals surface area (Å²) in [6, 6.07) is 0.983. The second kappa shape index (κ2) is 2.12. The molecule has 2 saturated heterocycles. The summed E-state index contributed by atoms with van der Waals surface area (Å²) in [4.78, 5) is 2.74. The van der Waals surface area contributed by atoms with Gasteiger partial charge in [-0.3, -0.25) is 4.90 Å². The van der Waals surface area contributed by atoms with E-state index >= 15 is 0 Å². The zero-order chi connectivity index (χ0) is 8.47. The average molecular weight is 179 g/mol. The third kappa shape index (κ3) is 0.816. The molecule has 72 valence electrons. The smallest absolute Gasteiger partial charge is 0.0569 e. The van der Waals surface area contributed by atoms with Crippen molar-refractivity contribution in [2.24, 2.45) is 17.3 Å². The van der Waals surface area contributed by atoms with Crippen LogP contribution >= 0.6 is 0 Å². The van der Waals surface area contributed by atoms with Crippen LogP contribution in [0.15, 0.2) is 0 Å². The molecule has 0 N–H and O–H groups in total. The Morgan fingerprint density at radius 2 is 1.85 bits per heavy atom. The van der Waals surface area contributed by atoms with E-state index < -0.39 is 0 Å². The lowest BCUT2D eigenvalue weighted by Crippen LogP contribution is -2.68. The van der Waals surface area contributed by atoms with Gasteiger partial charge in [0.2, 0.25) is 0 Å². The molecule has 1 atom stereocenters. The Hall–Kier alpha value is -0.0800. The summed E-state index contributed by atoms with van der Waals surface area (Å²) in [5.41, 5.74) is 0.632. The Labute approximate surface area is 79.2 Å². The Morgan fingerprint density at radius 3 is 2.31 bits per heavy atom. The van der Waals surface area contributed by atoms with Gasteiger partial charge in [-0.05, 0) is 31.1 Å². The third-order valence-electron chi connectivity index (χ3n) is 4.75. The van der Waals surface area contributed by atoms with Crippen molar-refractivity contribution in [3.05, 3.63) is 0 Å². The zero-order valence-electron chi connectivity index (χ0n) is 8.04. The van der Waals surface area contributed by atoms with E-state index in [0.717, 1.165) is 31.1 Å². The summed E-state index contributed by atoms with van der Waals surface area (Å²) >= 11 is 0. The summed E-state index contributed by atoms with van der Waals surface area (Å²) in [5, 5.41) is 0. The van der Waals surface area contributed by atoms with Crippen LogP contribution in [0.25, 0.3) is 0 Å². The maximum absolute atomic E-state index is 5.30. The summed E-state index contributed by atoms with van der Waals surface area (Å²) in [6.07, 6.45) is 4.61. The molecule has 0 aromatic heterocycles. The van der Waals surface area contributed by atoms with Crippen molar-refractivity contribution in [1.29, 1.82) is 0 Å². The van der Waals surface area contributed by atoms with Gasteiger partial charge in [-0.25, -0.2) is 0 Å². The largest absolute Gasteiger partial charge is 0.380 e. The van der Waals surface area contributed by atoms with E-state index in [0.29, 0.717) is 5.41 Å². The predicted molar refractivity (Wildman–Crippen MR) is 49.4 cm³/mol. The number of likely N-dealkylation sites (tertiary alicyclic amines) is 1. The molecule has 0 unspecified atom stereocenters. The first-order valence-corrected chi connectivity index (χ1v) is 5.67. The maximum atomic E-state index is 5.30. The summed E-state index contributed by atoms with van der Waals surface area (Å²) in [7, 11) is 0. The number of ether oxygens (including phenoxy) is 1. The molecule has 0 aromatic rings. The van der Waals surface area contributed by atoms with Gasteiger partial charge < -0.3 is 4.74 Å². The van der Waals surface area contributed by atoms with Gasteiger partial charge in [0.05, 0.1) is 13.2 Å². The molecule has 13 heavy (non-hydrogen) atoms. The second-order valence-corrected chi connectivity index (χ2v) is 5.80. The topological polar surface area (TPSA) is 12.5 Å². The lowest BCUT2D eigenvalue weighted by Gasteiger charge is -2.57. The quantitative estimate of drug-likeness (QED) is 0.598. The molecule has 5 rings (SSSR count). The number of nitrogens with zero attached hydrogens (tertiary/aromatic N) is 1. The normalized spacial score (nSPS) is 51.2. The third-order valence-corrected chi connectivity index (χ3v) is 4.75. The highest BCUT2D eigenvalue weighted by Crippen LogP contribution is 2.53. The SMILES string of the molecule is C1C2CC1[C@@H](N1CC3(COC3)C1)C2. The summed E-state index contributed by atoms with van der Waals surface area (Å²) in [6.45, 7) is 4.79. The Balaban J connectivity index is 1.43. The van der Waals surface area contributed by atoms with E-state index in [9.17, 15) is 0 Å². The van der Waals surface area contributed by atoms with Crippen molar-refractivity contribution in [3.8, 4) is 0 Å². The molecule has 2 nitrogen and oxygen atoms in total. The Morgan fingerprint density at radius 1 is 1.08 bits per heavy atom. The van der Waals surface area contributed by atoms with Gasteiger partial charge in [0.15, 0.2) is 0 Å². The standard InChI is InChI=1S/C11H17NO/c1-8-2-9(1)10(3-8)12-4-11(5-12)6-13-7-11/h8-10H,1-7H2/t8?,9?,10-/m0/s1. The molecule has 1 spiro atoms. The molecule has 2 bridgehead atoms. The van der Waals surface area contributed by atoms with Crippen molar-refractivity contribution in [2.75, 3.05) is 26.3 Å². The molecule has 5 aliphatic rings. The summed E-state index contributed by atoms with van der Waals surface area (Å²) < 4.78 is 5.30. The van der Waals surface area contributed by atoms with Gasteiger partial charge in [-0.2, -0.15) is 0 Å². The van der Waals surface area contributed by atoms with Gasteiger partial charge in [0.1, 0.15) is 0 Å². The molecule has 5 fully saturated rings. The van der Waals surface area contributed by atoms with Crippen molar-refractivity contribution < 1.29 is 4.74 Å². The fourth-order valence-corrected chi connectivity index (χ4v) is 3.90. The van der Waals surface area contributed by atoms with E-state index in [4.69, 9.17) is 4.74 Å². The van der Waals surface area contributed by atoms with Crippen LogP contribution in [0.5, 0.6) is 0 Å². The summed E-state index contributed by atoms with van der Waals surface area (Å²) in [5.74, 6) is 2.20. The maximum Gasteiger partial charge on any atom is 0.0569 e. The first-order valence-electron chi connectivity index (χ1n) is 5.67. The van der Waals surface area contributed by atoms with E-state index in [1.165, 1.54) is 19.5 Å². The van der Waals surface area contributed by atoms with E-state index in [1.54, 1.807) is 12.8 Å². The van der Waals surface area contributed by atoms with E-state index in [2.05, 4.69) is 4.90 Å². The molecule has 2 heteroatoms. The number of hydrogen-bond acceptors (Lipinski definition) is 2. The lowest BCUT2D eigenvalue weighted by molar-refractivity contribution is -0.199. The van der Waals surface area contributed by atoms with Crippen LogP contribution in [-0.2, 0) is 4.74 Å². The minimum absolute atomic E-state index is 0.632. The minimum atomic E-state index is 0.632. The Kier molecular flexibility index (Phi) is 1.18. The highest BCUT2D eigenvalue weighted by Gasteiger charge is 2.55. The van der Waals surface area contributed by atoms with Crippen LogP contribution < -0.4 is 0 Å². The van der Waals surface area contributed by atoms with Crippen LogP contribution in [0.4, 0.5) is 0 Å². The monoisotopic (exact) mass is 179 g/mol. The predicted octanol–water partition coefficient (Wildman–Crippen LogP) is 1.12. The van der Waals surface area contributed by atoms with Gasteiger partial charge in [0.25, 0.3) is 0 Å². The van der Waals surface area contributed by atoms with Crippen LogP contribution in [0.1, 0.15) is 19.3 Å². The molecule has 3 saturated carbocycles. The first-order chi connectivity index (χ1) is 6.35. The molecule has 0 radical (unpaired) electrons. The molecule has 2 aliphatic heterocycles. The van der Waals surface area contributed by atoms with E-state index in [1.807, 2.05) is 0 Å². The second-order valence-electron chi connectivity index (χ2n) is 5.80. The van der Waals surface area contributed by atoms with Crippen LogP contribution in [0.2, 0.25) is 0 Å². The van der Waals surface area contributed by atoms with Gasteiger partial charge >= 0.3 is 0 Å². The first kappa shape index (κ1) is 7.24. The lowest BCUT2D eigenvalue weighted by atomic mass is 9.76. The van der Waals surface area contributed by atoms with Gasteiger partial charge in [0, 0.05) is 24.5 Å². The molecule has 0 amide bonds.